The first-order chi connectivity index (χ1) is 6.86. The summed E-state index contributed by atoms with van der Waals surface area (Å²) in [5.74, 6) is 0. The molecule has 0 fully saturated rings. The van der Waals surface area contributed by atoms with Crippen molar-refractivity contribution in [1.29, 1.82) is 0 Å². The lowest BCUT2D eigenvalue weighted by atomic mass is 9.89. The number of aromatic amines is 1. The van der Waals surface area contributed by atoms with Crippen LogP contribution in [0.3, 0.4) is 0 Å². The van der Waals surface area contributed by atoms with Crippen molar-refractivity contribution in [3.05, 3.63) is 32.7 Å². The molecule has 2 heteroatoms. The van der Waals surface area contributed by atoms with Gasteiger partial charge in [-0.15, -0.1) is 0 Å². The molecule has 2 aliphatic rings. The highest BCUT2D eigenvalue weighted by atomic mass is 16.1. The summed E-state index contributed by atoms with van der Waals surface area (Å²) in [6.45, 7) is 0. The average molecular weight is 189 g/mol. The highest BCUT2D eigenvalue weighted by Crippen LogP contribution is 2.28. The van der Waals surface area contributed by atoms with Gasteiger partial charge in [0, 0.05) is 11.3 Å². The molecule has 0 amide bonds. The van der Waals surface area contributed by atoms with E-state index in [-0.39, 0.29) is 5.56 Å². The smallest absolute Gasteiger partial charge is 0.251 e. The summed E-state index contributed by atoms with van der Waals surface area (Å²) >= 11 is 0. The number of aryl methyl sites for hydroxylation is 1. The Labute approximate surface area is 83.4 Å². The van der Waals surface area contributed by atoms with Gasteiger partial charge < -0.3 is 4.98 Å². The fourth-order valence-corrected chi connectivity index (χ4v) is 2.92. The fraction of sp³-hybridized carbons (Fsp3) is 0.583. The van der Waals surface area contributed by atoms with Gasteiger partial charge in [0.25, 0.3) is 5.56 Å². The van der Waals surface area contributed by atoms with E-state index >= 15 is 0 Å². The topological polar surface area (TPSA) is 32.9 Å². The van der Waals surface area contributed by atoms with Gasteiger partial charge in [-0.3, -0.25) is 4.79 Å². The Bertz CT molecular complexity index is 431. The van der Waals surface area contributed by atoms with Gasteiger partial charge in [-0.25, -0.2) is 0 Å². The quantitative estimate of drug-likeness (QED) is 0.662. The highest BCUT2D eigenvalue weighted by Gasteiger charge is 2.22. The van der Waals surface area contributed by atoms with Crippen molar-refractivity contribution in [3.63, 3.8) is 0 Å². The van der Waals surface area contributed by atoms with Crippen molar-refractivity contribution in [3.8, 4) is 0 Å². The zero-order valence-electron chi connectivity index (χ0n) is 8.36. The molecule has 0 saturated carbocycles. The third-order valence-electron chi connectivity index (χ3n) is 3.59. The zero-order chi connectivity index (χ0) is 9.54. The maximum atomic E-state index is 11.8. The summed E-state index contributed by atoms with van der Waals surface area (Å²) in [5.41, 5.74) is 5.42. The predicted molar refractivity (Wildman–Crippen MR) is 55.7 cm³/mol. The minimum atomic E-state index is 0.195. The molecule has 74 valence electrons. The van der Waals surface area contributed by atoms with E-state index in [9.17, 15) is 4.79 Å². The largest absolute Gasteiger partial charge is 0.326 e. The number of fused-ring (bicyclic) bond motifs is 3. The van der Waals surface area contributed by atoms with Gasteiger partial charge in [-0.1, -0.05) is 0 Å². The van der Waals surface area contributed by atoms with Crippen molar-refractivity contribution in [1.82, 2.24) is 4.98 Å². The van der Waals surface area contributed by atoms with E-state index < -0.39 is 0 Å². The molecule has 0 atom stereocenters. The van der Waals surface area contributed by atoms with Crippen molar-refractivity contribution in [2.24, 2.45) is 0 Å². The average Bonchev–Trinajstić information content (AvgIpc) is 2.66. The standard InChI is InChI=1S/C12H15NO/c14-12-10-5-2-1-4-8(10)9-6-3-7-11(9)13-12/h1-7H2,(H,13,14). The molecule has 0 unspecified atom stereocenters. The van der Waals surface area contributed by atoms with Crippen molar-refractivity contribution in [2.75, 3.05) is 0 Å². The van der Waals surface area contributed by atoms with E-state index in [4.69, 9.17) is 0 Å². The van der Waals surface area contributed by atoms with Crippen molar-refractivity contribution in [2.45, 2.75) is 44.9 Å². The van der Waals surface area contributed by atoms with Gasteiger partial charge in [0.15, 0.2) is 0 Å². The maximum Gasteiger partial charge on any atom is 0.251 e. The lowest BCUT2D eigenvalue weighted by Crippen LogP contribution is -2.21. The van der Waals surface area contributed by atoms with Crippen LogP contribution in [0, 0.1) is 0 Å². The zero-order valence-corrected chi connectivity index (χ0v) is 8.36. The molecule has 0 aliphatic heterocycles. The Morgan fingerprint density at radius 2 is 1.50 bits per heavy atom. The molecule has 2 nitrogen and oxygen atoms in total. The summed E-state index contributed by atoms with van der Waals surface area (Å²) in [6.07, 6.45) is 8.09. The number of hydrogen-bond acceptors (Lipinski definition) is 1. The molecule has 0 saturated heterocycles. The summed E-state index contributed by atoms with van der Waals surface area (Å²) in [5, 5.41) is 0. The molecule has 1 heterocycles. The summed E-state index contributed by atoms with van der Waals surface area (Å²) < 4.78 is 0. The molecular formula is C12H15NO. The Kier molecular flexibility index (Phi) is 1.76. The number of aromatic nitrogens is 1. The number of pyridine rings is 1. The summed E-state index contributed by atoms with van der Waals surface area (Å²) in [4.78, 5) is 14.8. The van der Waals surface area contributed by atoms with Crippen LogP contribution in [-0.4, -0.2) is 4.98 Å². The normalized spacial score (nSPS) is 19.1. The minimum absolute atomic E-state index is 0.195. The van der Waals surface area contributed by atoms with E-state index in [1.165, 1.54) is 42.5 Å². The van der Waals surface area contributed by atoms with Crippen LogP contribution in [0.5, 0.6) is 0 Å². The molecular weight excluding hydrogens is 174 g/mol. The van der Waals surface area contributed by atoms with E-state index in [0.717, 1.165) is 24.8 Å². The van der Waals surface area contributed by atoms with Crippen LogP contribution in [-0.2, 0) is 25.7 Å². The lowest BCUT2D eigenvalue weighted by molar-refractivity contribution is 0.670. The second kappa shape index (κ2) is 2.97. The molecule has 14 heavy (non-hydrogen) atoms. The second-order valence-corrected chi connectivity index (χ2v) is 4.43. The Balaban J connectivity index is 2.28. The Hall–Kier alpha value is -1.05. The summed E-state index contributed by atoms with van der Waals surface area (Å²) in [7, 11) is 0. The van der Waals surface area contributed by atoms with Crippen LogP contribution in [0.25, 0.3) is 0 Å². The van der Waals surface area contributed by atoms with Crippen LogP contribution in [0.4, 0.5) is 0 Å². The van der Waals surface area contributed by atoms with Gasteiger partial charge in [0.2, 0.25) is 0 Å². The highest BCUT2D eigenvalue weighted by molar-refractivity contribution is 5.40. The molecule has 2 aliphatic carbocycles. The summed E-state index contributed by atoms with van der Waals surface area (Å²) in [6, 6.07) is 0. The lowest BCUT2D eigenvalue weighted by Gasteiger charge is -2.18. The van der Waals surface area contributed by atoms with Gasteiger partial charge in [0.05, 0.1) is 0 Å². The monoisotopic (exact) mass is 189 g/mol. The SMILES string of the molecule is O=c1[nH]c2c(c3c1CCCC3)CCC2. The number of nitrogens with one attached hydrogen (secondary N) is 1. The predicted octanol–water partition coefficient (Wildman–Crippen LogP) is 1.74. The van der Waals surface area contributed by atoms with Crippen LogP contribution in [0.15, 0.2) is 4.79 Å². The molecule has 0 radical (unpaired) electrons. The first-order valence-corrected chi connectivity index (χ1v) is 5.62. The Morgan fingerprint density at radius 3 is 2.36 bits per heavy atom. The van der Waals surface area contributed by atoms with Gasteiger partial charge >= 0.3 is 0 Å². The van der Waals surface area contributed by atoms with Crippen molar-refractivity contribution < 1.29 is 0 Å². The van der Waals surface area contributed by atoms with Crippen LogP contribution in [0.2, 0.25) is 0 Å². The second-order valence-electron chi connectivity index (χ2n) is 4.43. The molecule has 1 aromatic rings. The van der Waals surface area contributed by atoms with E-state index in [1.807, 2.05) is 0 Å². The molecule has 0 aromatic carbocycles. The first kappa shape index (κ1) is 8.27. The van der Waals surface area contributed by atoms with Crippen LogP contribution in [0.1, 0.15) is 41.6 Å². The molecule has 1 aromatic heterocycles. The van der Waals surface area contributed by atoms with Crippen molar-refractivity contribution >= 4 is 0 Å². The fourth-order valence-electron chi connectivity index (χ4n) is 2.92. The van der Waals surface area contributed by atoms with Gasteiger partial charge in [-0.2, -0.15) is 0 Å². The number of H-pyrrole nitrogens is 1. The van der Waals surface area contributed by atoms with E-state index in [2.05, 4.69) is 4.98 Å². The van der Waals surface area contributed by atoms with Crippen LogP contribution >= 0.6 is 0 Å². The third-order valence-corrected chi connectivity index (χ3v) is 3.59. The van der Waals surface area contributed by atoms with Crippen LogP contribution < -0.4 is 5.56 Å². The molecule has 0 spiro atoms. The number of hydrogen-bond donors (Lipinski definition) is 1. The van der Waals surface area contributed by atoms with E-state index in [1.54, 1.807) is 0 Å². The van der Waals surface area contributed by atoms with E-state index in [0.29, 0.717) is 0 Å². The molecule has 0 bridgehead atoms. The van der Waals surface area contributed by atoms with Gasteiger partial charge in [0.1, 0.15) is 0 Å². The third kappa shape index (κ3) is 1.06. The molecule has 3 rings (SSSR count). The molecule has 1 N–H and O–H groups in total. The number of rotatable bonds is 0. The Morgan fingerprint density at radius 1 is 0.786 bits per heavy atom. The maximum absolute atomic E-state index is 11.8. The first-order valence-electron chi connectivity index (χ1n) is 5.62. The minimum Gasteiger partial charge on any atom is -0.326 e. The van der Waals surface area contributed by atoms with Gasteiger partial charge in [-0.05, 0) is 56.1 Å².